The summed E-state index contributed by atoms with van der Waals surface area (Å²) in [5, 5.41) is 6.78. The molecule has 1 saturated heterocycles. The van der Waals surface area contributed by atoms with Crippen molar-refractivity contribution in [3.63, 3.8) is 0 Å². The Hall–Kier alpha value is -1.86. The number of nitrogens with one attached hydrogen (secondary N) is 1. The third kappa shape index (κ3) is 5.11. The minimum Gasteiger partial charge on any atom is -0.350 e. The van der Waals surface area contributed by atoms with E-state index < -0.39 is 17.6 Å². The molecule has 146 valence electrons. The number of hydrogen-bond acceptors (Lipinski definition) is 3. The first-order valence-electron chi connectivity index (χ1n) is 9.17. The number of benzene rings is 1. The Morgan fingerprint density at radius 2 is 1.81 bits per heavy atom. The second-order valence-electron chi connectivity index (χ2n) is 6.78. The monoisotopic (exact) mass is 396 g/mol. The van der Waals surface area contributed by atoms with Crippen LogP contribution in [0.1, 0.15) is 53.2 Å². The van der Waals surface area contributed by atoms with Gasteiger partial charge in [0.05, 0.1) is 17.2 Å². The van der Waals surface area contributed by atoms with Gasteiger partial charge in [0, 0.05) is 6.54 Å². The zero-order chi connectivity index (χ0) is 19.3. The van der Waals surface area contributed by atoms with Crippen LogP contribution in [0.2, 0.25) is 0 Å². The SMILES string of the molecule is O=C(NCC(c1ccsc1)N1CCCCCC1)c1ccccc1C(F)(F)F. The molecule has 3 rings (SSSR count). The van der Waals surface area contributed by atoms with E-state index in [1.165, 1.54) is 31.0 Å². The highest BCUT2D eigenvalue weighted by Crippen LogP contribution is 2.32. The molecular formula is C20H23F3N2OS. The Balaban J connectivity index is 1.75. The van der Waals surface area contributed by atoms with Gasteiger partial charge in [-0.2, -0.15) is 24.5 Å². The van der Waals surface area contributed by atoms with Gasteiger partial charge in [0.1, 0.15) is 0 Å². The average molecular weight is 396 g/mol. The molecule has 1 aliphatic rings. The molecule has 0 spiro atoms. The molecule has 1 unspecified atom stereocenters. The van der Waals surface area contributed by atoms with Gasteiger partial charge in [-0.05, 0) is 60.5 Å². The number of likely N-dealkylation sites (tertiary alicyclic amines) is 1. The molecular weight excluding hydrogens is 373 g/mol. The summed E-state index contributed by atoms with van der Waals surface area (Å²) in [6.07, 6.45) is 0.0405. The Morgan fingerprint density at radius 1 is 1.11 bits per heavy atom. The zero-order valence-corrected chi connectivity index (χ0v) is 15.8. The summed E-state index contributed by atoms with van der Waals surface area (Å²) in [6, 6.07) is 6.93. The highest BCUT2D eigenvalue weighted by molar-refractivity contribution is 7.07. The number of rotatable bonds is 5. The summed E-state index contributed by atoms with van der Waals surface area (Å²) >= 11 is 1.59. The number of amides is 1. The van der Waals surface area contributed by atoms with Gasteiger partial charge in [0.25, 0.3) is 5.91 Å². The van der Waals surface area contributed by atoms with Crippen LogP contribution < -0.4 is 5.32 Å². The van der Waals surface area contributed by atoms with E-state index in [2.05, 4.69) is 10.2 Å². The molecule has 1 amide bonds. The summed E-state index contributed by atoms with van der Waals surface area (Å²) in [5.41, 5.74) is -0.124. The molecule has 27 heavy (non-hydrogen) atoms. The number of hydrogen-bond donors (Lipinski definition) is 1. The number of thiophene rings is 1. The van der Waals surface area contributed by atoms with Crippen LogP contribution in [0.15, 0.2) is 41.1 Å². The average Bonchev–Trinajstić information content (AvgIpc) is 3.04. The Kier molecular flexibility index (Phi) is 6.55. The van der Waals surface area contributed by atoms with Gasteiger partial charge in [0.2, 0.25) is 0 Å². The lowest BCUT2D eigenvalue weighted by molar-refractivity contribution is -0.137. The fourth-order valence-corrected chi connectivity index (χ4v) is 4.25. The van der Waals surface area contributed by atoms with Crippen molar-refractivity contribution in [2.75, 3.05) is 19.6 Å². The van der Waals surface area contributed by atoms with Gasteiger partial charge in [-0.25, -0.2) is 0 Å². The largest absolute Gasteiger partial charge is 0.417 e. The van der Waals surface area contributed by atoms with Gasteiger partial charge < -0.3 is 5.32 Å². The van der Waals surface area contributed by atoms with Crippen LogP contribution >= 0.6 is 11.3 Å². The maximum absolute atomic E-state index is 13.2. The van der Waals surface area contributed by atoms with Crippen molar-refractivity contribution >= 4 is 17.2 Å². The highest BCUT2D eigenvalue weighted by atomic mass is 32.1. The lowest BCUT2D eigenvalue weighted by Crippen LogP contribution is -2.39. The van der Waals surface area contributed by atoms with Crippen LogP contribution in [0.4, 0.5) is 13.2 Å². The molecule has 0 bridgehead atoms. The van der Waals surface area contributed by atoms with Crippen molar-refractivity contribution in [3.05, 3.63) is 57.8 Å². The molecule has 3 nitrogen and oxygen atoms in total. The van der Waals surface area contributed by atoms with Crippen LogP contribution in [-0.4, -0.2) is 30.4 Å². The molecule has 0 radical (unpaired) electrons. The predicted octanol–water partition coefficient (Wildman–Crippen LogP) is 5.11. The second kappa shape index (κ2) is 8.89. The number of carbonyl (C=O) groups excluding carboxylic acids is 1. The highest BCUT2D eigenvalue weighted by Gasteiger charge is 2.35. The minimum atomic E-state index is -4.55. The molecule has 1 fully saturated rings. The van der Waals surface area contributed by atoms with Gasteiger partial charge >= 0.3 is 6.18 Å². The molecule has 2 heterocycles. The number of nitrogens with zero attached hydrogens (tertiary/aromatic N) is 1. The number of halogens is 3. The van der Waals surface area contributed by atoms with Crippen LogP contribution in [0.25, 0.3) is 0 Å². The maximum Gasteiger partial charge on any atom is 0.417 e. The molecule has 0 aliphatic carbocycles. The summed E-state index contributed by atoms with van der Waals surface area (Å²) in [6.45, 7) is 2.17. The molecule has 7 heteroatoms. The van der Waals surface area contributed by atoms with Crippen molar-refractivity contribution in [2.24, 2.45) is 0 Å². The van der Waals surface area contributed by atoms with Crippen LogP contribution in [0.3, 0.4) is 0 Å². The molecule has 1 N–H and O–H groups in total. The van der Waals surface area contributed by atoms with Crippen LogP contribution in [0.5, 0.6) is 0 Å². The molecule has 2 aromatic rings. The molecule has 1 aliphatic heterocycles. The van der Waals surface area contributed by atoms with E-state index in [9.17, 15) is 18.0 Å². The maximum atomic E-state index is 13.2. The van der Waals surface area contributed by atoms with E-state index in [-0.39, 0.29) is 11.6 Å². The minimum absolute atomic E-state index is 0.0173. The quantitative estimate of drug-likeness (QED) is 0.761. The Bertz CT molecular complexity index is 738. The lowest BCUT2D eigenvalue weighted by Gasteiger charge is -2.30. The predicted molar refractivity (Wildman–Crippen MR) is 101 cm³/mol. The third-order valence-corrected chi connectivity index (χ3v) is 5.64. The van der Waals surface area contributed by atoms with E-state index in [0.717, 1.165) is 37.6 Å². The Labute approximate surface area is 161 Å². The van der Waals surface area contributed by atoms with Crippen molar-refractivity contribution in [3.8, 4) is 0 Å². The van der Waals surface area contributed by atoms with Crippen molar-refractivity contribution in [1.82, 2.24) is 10.2 Å². The zero-order valence-electron chi connectivity index (χ0n) is 15.0. The van der Waals surface area contributed by atoms with Crippen molar-refractivity contribution in [1.29, 1.82) is 0 Å². The first kappa shape index (κ1) is 19.9. The first-order valence-corrected chi connectivity index (χ1v) is 10.1. The summed E-state index contributed by atoms with van der Waals surface area (Å²) < 4.78 is 39.5. The van der Waals surface area contributed by atoms with Gasteiger partial charge in [-0.1, -0.05) is 25.0 Å². The lowest BCUT2D eigenvalue weighted by atomic mass is 10.1. The fourth-order valence-electron chi connectivity index (χ4n) is 3.54. The van der Waals surface area contributed by atoms with Crippen LogP contribution in [0, 0.1) is 0 Å². The molecule has 1 aromatic heterocycles. The van der Waals surface area contributed by atoms with E-state index >= 15 is 0 Å². The topological polar surface area (TPSA) is 32.3 Å². The summed E-state index contributed by atoms with van der Waals surface area (Å²) in [5.74, 6) is -0.682. The van der Waals surface area contributed by atoms with E-state index in [0.29, 0.717) is 6.54 Å². The molecule has 1 atom stereocenters. The molecule has 0 saturated carbocycles. The van der Waals surface area contributed by atoms with Crippen molar-refractivity contribution < 1.29 is 18.0 Å². The number of carbonyl (C=O) groups is 1. The summed E-state index contributed by atoms with van der Waals surface area (Å²) in [7, 11) is 0. The molecule has 1 aromatic carbocycles. The van der Waals surface area contributed by atoms with E-state index in [4.69, 9.17) is 0 Å². The summed E-state index contributed by atoms with van der Waals surface area (Å²) in [4.78, 5) is 14.8. The van der Waals surface area contributed by atoms with E-state index in [1.807, 2.05) is 16.8 Å². The smallest absolute Gasteiger partial charge is 0.350 e. The van der Waals surface area contributed by atoms with Crippen LogP contribution in [-0.2, 0) is 6.18 Å². The second-order valence-corrected chi connectivity index (χ2v) is 7.56. The third-order valence-electron chi connectivity index (χ3n) is 4.94. The van der Waals surface area contributed by atoms with Gasteiger partial charge in [-0.15, -0.1) is 0 Å². The normalized spacial score (nSPS) is 17.3. The van der Waals surface area contributed by atoms with E-state index in [1.54, 1.807) is 11.3 Å². The number of alkyl halides is 3. The van der Waals surface area contributed by atoms with Gasteiger partial charge in [0.15, 0.2) is 0 Å². The van der Waals surface area contributed by atoms with Gasteiger partial charge in [-0.3, -0.25) is 9.69 Å². The van der Waals surface area contributed by atoms with Crippen molar-refractivity contribution in [2.45, 2.75) is 37.9 Å². The standard InChI is InChI=1S/C20H23F3N2OS/c21-20(22,23)17-8-4-3-7-16(17)19(26)24-13-18(15-9-12-27-14-15)25-10-5-1-2-6-11-25/h3-4,7-9,12,14,18H,1-2,5-6,10-11,13H2,(H,24,26). The fraction of sp³-hybridized carbons (Fsp3) is 0.450. The first-order chi connectivity index (χ1) is 13.0. The Morgan fingerprint density at radius 3 is 2.44 bits per heavy atom.